The number of fused-ring (bicyclic) bond motifs is 1. The van der Waals surface area contributed by atoms with Crippen LogP contribution < -0.4 is 11.5 Å². The van der Waals surface area contributed by atoms with Crippen LogP contribution in [0.3, 0.4) is 0 Å². The van der Waals surface area contributed by atoms with Crippen molar-refractivity contribution >= 4 is 36.8 Å². The normalized spacial score (nSPS) is 27.7. The van der Waals surface area contributed by atoms with Crippen molar-refractivity contribution in [1.29, 1.82) is 0 Å². The van der Waals surface area contributed by atoms with Crippen LogP contribution in [0.15, 0.2) is 12.7 Å². The molecule has 148 valence electrons. The van der Waals surface area contributed by atoms with Crippen molar-refractivity contribution in [2.45, 2.75) is 47.6 Å². The Labute approximate surface area is 157 Å². The van der Waals surface area contributed by atoms with Gasteiger partial charge in [-0.05, 0) is 0 Å². The van der Waals surface area contributed by atoms with E-state index in [1.807, 2.05) is 0 Å². The van der Waals surface area contributed by atoms with Crippen LogP contribution in [0.1, 0.15) is 12.6 Å². The molecule has 0 spiro atoms. The Balaban J connectivity index is 1.69. The van der Waals surface area contributed by atoms with E-state index in [-0.39, 0.29) is 22.9 Å². The fraction of sp³-hybridized carbons (Fsp3) is 0.571. The van der Waals surface area contributed by atoms with Gasteiger partial charge in [0, 0.05) is 0 Å². The number of anilines is 1. The number of aromatic nitrogens is 4. The first-order chi connectivity index (χ1) is 12.8. The van der Waals surface area contributed by atoms with Crippen molar-refractivity contribution in [3.63, 3.8) is 0 Å². The van der Waals surface area contributed by atoms with Gasteiger partial charge in [-0.2, -0.15) is 0 Å². The molecule has 1 saturated heterocycles. The predicted molar refractivity (Wildman–Crippen MR) is 91.9 cm³/mol. The van der Waals surface area contributed by atoms with Crippen molar-refractivity contribution in [1.82, 2.24) is 19.5 Å². The van der Waals surface area contributed by atoms with Crippen molar-refractivity contribution in [3.05, 3.63) is 12.7 Å². The van der Waals surface area contributed by atoms with E-state index >= 15 is 0 Å². The summed E-state index contributed by atoms with van der Waals surface area (Å²) in [5.74, 6) is -0.987. The first-order valence-corrected chi connectivity index (χ1v) is 11.2. The molecule has 1 aliphatic rings. The molecule has 0 saturated carbocycles. The number of aliphatic carboxylic acids is 1. The van der Waals surface area contributed by atoms with Crippen molar-refractivity contribution < 1.29 is 28.7 Å². The fourth-order valence-electron chi connectivity index (χ4n) is 2.80. The summed E-state index contributed by atoms with van der Waals surface area (Å²) in [7, 11) is 0. The Morgan fingerprint density at radius 2 is 2.07 bits per heavy atom. The molecule has 0 bridgehead atoms. The maximum atomic E-state index is 12.3. The third-order valence-corrected chi connectivity index (χ3v) is 7.24. The number of nitrogens with zero attached hydrogens (tertiary/aromatic N) is 4. The van der Waals surface area contributed by atoms with Gasteiger partial charge in [0.1, 0.15) is 0 Å². The molecule has 0 aliphatic carbocycles. The van der Waals surface area contributed by atoms with E-state index in [2.05, 4.69) is 15.0 Å². The van der Waals surface area contributed by atoms with Crippen LogP contribution in [0.25, 0.3) is 11.2 Å². The number of rotatable bonds is 7. The molecule has 1 fully saturated rings. The summed E-state index contributed by atoms with van der Waals surface area (Å²) in [6.45, 7) is 0. The molecule has 1 aliphatic heterocycles. The van der Waals surface area contributed by atoms with Gasteiger partial charge in [0.15, 0.2) is 0 Å². The van der Waals surface area contributed by atoms with E-state index in [4.69, 9.17) is 21.3 Å². The molecule has 3 heterocycles. The molecule has 2 aromatic heterocycles. The minimum atomic E-state index is -2.50. The molecule has 0 radical (unpaired) electrons. The molecule has 13 heteroatoms. The van der Waals surface area contributed by atoms with Gasteiger partial charge in [0.25, 0.3) is 0 Å². The second kappa shape index (κ2) is 7.92. The summed E-state index contributed by atoms with van der Waals surface area (Å²) < 4.78 is 19.4. The summed E-state index contributed by atoms with van der Waals surface area (Å²) >= 11 is -2.50. The molecule has 6 atom stereocenters. The number of ether oxygens (including phenoxy) is 1. The number of aliphatic hydroxyl groups excluding tert-OH is 2. The van der Waals surface area contributed by atoms with Gasteiger partial charge < -0.3 is 0 Å². The van der Waals surface area contributed by atoms with Gasteiger partial charge in [-0.1, -0.05) is 0 Å². The van der Waals surface area contributed by atoms with Crippen molar-refractivity contribution in [2.75, 3.05) is 5.73 Å². The van der Waals surface area contributed by atoms with E-state index in [0.717, 1.165) is 0 Å². The average molecular weight is 447 g/mol. The van der Waals surface area contributed by atoms with Gasteiger partial charge in [0.2, 0.25) is 0 Å². The summed E-state index contributed by atoms with van der Waals surface area (Å²) in [4.78, 5) is 22.7. The van der Waals surface area contributed by atoms with Crippen LogP contribution in [0.5, 0.6) is 0 Å². The van der Waals surface area contributed by atoms with Crippen molar-refractivity contribution in [2.24, 2.45) is 5.73 Å². The maximum absolute atomic E-state index is 12.3. The third-order valence-electron chi connectivity index (χ3n) is 4.32. The molecule has 0 aromatic carbocycles. The molecule has 3 rings (SSSR count). The Bertz CT molecular complexity index is 862. The Kier molecular flexibility index (Phi) is 5.79. The van der Waals surface area contributed by atoms with E-state index in [0.29, 0.717) is 11.2 Å². The van der Waals surface area contributed by atoms with E-state index in [1.165, 1.54) is 17.2 Å². The summed E-state index contributed by atoms with van der Waals surface area (Å²) in [6, 6.07) is -1.08. The van der Waals surface area contributed by atoms with Crippen LogP contribution in [0.4, 0.5) is 5.82 Å². The number of imidazole rings is 1. The van der Waals surface area contributed by atoms with E-state index in [1.54, 1.807) is 0 Å². The second-order valence-corrected chi connectivity index (χ2v) is 9.57. The number of carbonyl (C=O) groups is 1. The number of carboxylic acid groups (broad SMARTS) is 1. The van der Waals surface area contributed by atoms with Crippen LogP contribution in [-0.2, 0) is 13.4 Å². The van der Waals surface area contributed by atoms with Gasteiger partial charge in [-0.25, -0.2) is 0 Å². The molecule has 27 heavy (non-hydrogen) atoms. The standard InChI is InChI=1S/C14H20N6O6Se/c15-6(14(23)24)1-2-27(25)3-7-9(21)10(22)13(26-7)20-5-19-8-11(16)17-4-18-12(8)20/h4-7,9-10,13,21-22H,1-3,15H2,(H,23,24)(H2,16,17,18)/t6-,7+,9+,10+,13+,27?/m0/s1. The molecule has 7 N–H and O–H groups in total. The zero-order chi connectivity index (χ0) is 19.7. The Morgan fingerprint density at radius 1 is 1.33 bits per heavy atom. The summed E-state index contributed by atoms with van der Waals surface area (Å²) in [5, 5.41) is 29.5. The molecular formula is C14H20N6O6Se. The number of nitrogens with two attached hydrogens (primary N) is 2. The number of hydrogen-bond acceptors (Lipinski definition) is 10. The Hall–Kier alpha value is -2.02. The number of aliphatic hydroxyl groups is 2. The van der Waals surface area contributed by atoms with Crippen LogP contribution in [0.2, 0.25) is 10.6 Å². The van der Waals surface area contributed by atoms with Crippen LogP contribution >= 0.6 is 0 Å². The van der Waals surface area contributed by atoms with Gasteiger partial charge in [0.05, 0.1) is 0 Å². The van der Waals surface area contributed by atoms with E-state index < -0.39 is 50.4 Å². The molecule has 2 aromatic rings. The second-order valence-electron chi connectivity index (χ2n) is 6.17. The van der Waals surface area contributed by atoms with Gasteiger partial charge in [-0.3, -0.25) is 0 Å². The quantitative estimate of drug-likeness (QED) is 0.302. The fourth-order valence-corrected chi connectivity index (χ4v) is 5.58. The first-order valence-electron chi connectivity index (χ1n) is 8.07. The third kappa shape index (κ3) is 3.98. The summed E-state index contributed by atoms with van der Waals surface area (Å²) in [5.41, 5.74) is 11.8. The van der Waals surface area contributed by atoms with Gasteiger partial charge in [-0.15, -0.1) is 0 Å². The van der Waals surface area contributed by atoms with Crippen molar-refractivity contribution in [3.8, 4) is 0 Å². The van der Waals surface area contributed by atoms with Gasteiger partial charge >= 0.3 is 157 Å². The van der Waals surface area contributed by atoms with E-state index in [9.17, 15) is 18.8 Å². The topological polar surface area (TPSA) is 200 Å². The predicted octanol–water partition coefficient (Wildman–Crippen LogP) is -1.75. The SMILES string of the molecule is Nc1ncnc2c1ncn2[C@@H]1O[C@H](C[Se](=O)CC[C@H](N)C(=O)O)[C@@H](O)[C@H]1O. The molecule has 12 nitrogen and oxygen atoms in total. The number of hydrogen-bond donors (Lipinski definition) is 5. The number of carboxylic acids is 1. The number of nitrogen functional groups attached to an aromatic ring is 1. The average Bonchev–Trinajstić information content (AvgIpc) is 3.17. The first kappa shape index (κ1) is 19.7. The molecule has 0 amide bonds. The summed E-state index contributed by atoms with van der Waals surface area (Å²) in [6.07, 6.45) is -1.72. The molecule has 1 unspecified atom stereocenters. The molecular weight excluding hydrogens is 427 g/mol. The van der Waals surface area contributed by atoms with Crippen LogP contribution in [-0.4, -0.2) is 79.0 Å². The Morgan fingerprint density at radius 3 is 2.78 bits per heavy atom. The zero-order valence-corrected chi connectivity index (χ0v) is 15.8. The minimum absolute atomic E-state index is 0.0187. The van der Waals surface area contributed by atoms with Crippen LogP contribution in [0, 0.1) is 0 Å². The monoisotopic (exact) mass is 448 g/mol. The zero-order valence-electron chi connectivity index (χ0n) is 14.1.